The van der Waals surface area contributed by atoms with Gasteiger partial charge in [0.25, 0.3) is 0 Å². The van der Waals surface area contributed by atoms with Crippen molar-refractivity contribution in [1.82, 2.24) is 5.01 Å². The molecule has 25 heavy (non-hydrogen) atoms. The molecular formula is C15H13F6N3O. The Balaban J connectivity index is 2.13. The molecule has 0 spiro atoms. The lowest BCUT2D eigenvalue weighted by Gasteiger charge is -2.38. The number of para-hydroxylation sites is 1. The molecule has 1 aromatic carbocycles. The molecule has 2 heterocycles. The minimum atomic E-state index is -4.83. The van der Waals surface area contributed by atoms with E-state index < -0.39 is 48.0 Å². The van der Waals surface area contributed by atoms with E-state index in [0.29, 0.717) is 11.8 Å². The van der Waals surface area contributed by atoms with Crippen LogP contribution in [0.25, 0.3) is 0 Å². The summed E-state index contributed by atoms with van der Waals surface area (Å²) in [6.07, 6.45) is -10.3. The lowest BCUT2D eigenvalue weighted by atomic mass is 9.89. The van der Waals surface area contributed by atoms with Gasteiger partial charge in [-0.2, -0.15) is 31.4 Å². The lowest BCUT2D eigenvalue weighted by molar-refractivity contribution is -0.152. The smallest absolute Gasteiger partial charge is 0.373 e. The highest BCUT2D eigenvalue weighted by Gasteiger charge is 2.49. The summed E-state index contributed by atoms with van der Waals surface area (Å²) in [5.74, 6) is -0.534. The molecule has 2 unspecified atom stereocenters. The first kappa shape index (κ1) is 17.6. The number of alkyl halides is 6. The Bertz CT molecular complexity index is 740. The Kier molecular flexibility index (Phi) is 3.96. The van der Waals surface area contributed by atoms with Crippen molar-refractivity contribution in [2.45, 2.75) is 44.2 Å². The fraction of sp³-hybridized carbons (Fsp3) is 0.467. The fourth-order valence-corrected chi connectivity index (χ4v) is 3.09. The summed E-state index contributed by atoms with van der Waals surface area (Å²) < 4.78 is 79.3. The van der Waals surface area contributed by atoms with Gasteiger partial charge in [-0.15, -0.1) is 0 Å². The van der Waals surface area contributed by atoms with Gasteiger partial charge in [0.2, 0.25) is 5.91 Å². The molecule has 1 amide bonds. The molecule has 0 bridgehead atoms. The summed E-state index contributed by atoms with van der Waals surface area (Å²) in [6, 6.07) is -0.318. The Morgan fingerprint density at radius 2 is 1.88 bits per heavy atom. The van der Waals surface area contributed by atoms with E-state index in [4.69, 9.17) is 0 Å². The second-order valence-electron chi connectivity index (χ2n) is 6.01. The van der Waals surface area contributed by atoms with Crippen molar-refractivity contribution in [2.24, 2.45) is 5.10 Å². The maximum absolute atomic E-state index is 13.2. The summed E-state index contributed by atoms with van der Waals surface area (Å²) in [7, 11) is 0. The van der Waals surface area contributed by atoms with Crippen LogP contribution in [0.1, 0.15) is 36.9 Å². The number of hydrogen-bond acceptors (Lipinski definition) is 3. The Morgan fingerprint density at radius 1 is 1.20 bits per heavy atom. The predicted octanol–water partition coefficient (Wildman–Crippen LogP) is 4.10. The van der Waals surface area contributed by atoms with Crippen molar-refractivity contribution in [1.29, 1.82) is 0 Å². The normalized spacial score (nSPS) is 24.0. The van der Waals surface area contributed by atoms with Gasteiger partial charge in [0, 0.05) is 17.7 Å². The van der Waals surface area contributed by atoms with Crippen LogP contribution in [-0.4, -0.2) is 28.8 Å². The van der Waals surface area contributed by atoms with Crippen molar-refractivity contribution in [3.8, 4) is 0 Å². The van der Waals surface area contributed by atoms with Crippen LogP contribution < -0.4 is 5.32 Å². The number of fused-ring (bicyclic) bond motifs is 1. The second-order valence-corrected chi connectivity index (χ2v) is 6.01. The molecular weight excluding hydrogens is 352 g/mol. The van der Waals surface area contributed by atoms with Crippen molar-refractivity contribution < 1.29 is 31.1 Å². The number of halogens is 6. The number of hydrazone groups is 1. The molecule has 2 atom stereocenters. The minimum absolute atomic E-state index is 0.0258. The van der Waals surface area contributed by atoms with E-state index in [9.17, 15) is 31.1 Å². The number of amides is 1. The maximum Gasteiger partial charge on any atom is 0.418 e. The zero-order valence-corrected chi connectivity index (χ0v) is 12.9. The quantitative estimate of drug-likeness (QED) is 0.762. The van der Waals surface area contributed by atoms with Gasteiger partial charge in [-0.05, 0) is 13.0 Å². The molecule has 0 fully saturated rings. The molecule has 0 saturated heterocycles. The zero-order valence-electron chi connectivity index (χ0n) is 12.9. The van der Waals surface area contributed by atoms with Gasteiger partial charge >= 0.3 is 12.4 Å². The van der Waals surface area contributed by atoms with Crippen LogP contribution in [0.5, 0.6) is 0 Å². The molecule has 0 saturated carbocycles. The molecule has 3 rings (SSSR count). The number of carbonyl (C=O) groups excluding carboxylic acids is 1. The zero-order chi connectivity index (χ0) is 18.6. The second kappa shape index (κ2) is 5.63. The van der Waals surface area contributed by atoms with Crippen molar-refractivity contribution >= 4 is 17.3 Å². The minimum Gasteiger partial charge on any atom is -0.373 e. The fourth-order valence-electron chi connectivity index (χ4n) is 3.09. The van der Waals surface area contributed by atoms with Gasteiger partial charge in [-0.3, -0.25) is 4.79 Å². The Hall–Kier alpha value is -2.26. The molecule has 2 aliphatic rings. The number of benzene rings is 1. The Morgan fingerprint density at radius 3 is 2.40 bits per heavy atom. The van der Waals surface area contributed by atoms with Crippen LogP contribution >= 0.6 is 0 Å². The van der Waals surface area contributed by atoms with Crippen LogP contribution in [0.15, 0.2) is 23.3 Å². The molecule has 136 valence electrons. The van der Waals surface area contributed by atoms with Crippen molar-refractivity contribution in [3.05, 3.63) is 29.3 Å². The average Bonchev–Trinajstić information content (AvgIpc) is 2.82. The largest absolute Gasteiger partial charge is 0.418 e. The first-order valence-electron chi connectivity index (χ1n) is 7.38. The van der Waals surface area contributed by atoms with E-state index in [1.165, 1.54) is 13.0 Å². The number of carbonyl (C=O) groups is 1. The number of anilines is 1. The molecule has 10 heteroatoms. The molecule has 4 nitrogen and oxygen atoms in total. The number of hydrogen-bond donors (Lipinski definition) is 1. The lowest BCUT2D eigenvalue weighted by Crippen LogP contribution is -2.44. The third kappa shape index (κ3) is 3.16. The summed E-state index contributed by atoms with van der Waals surface area (Å²) in [6.45, 7) is 1.53. The third-order valence-corrected chi connectivity index (χ3v) is 4.17. The summed E-state index contributed by atoms with van der Waals surface area (Å²) >= 11 is 0. The van der Waals surface area contributed by atoms with Crippen LogP contribution in [-0.2, 0) is 11.0 Å². The van der Waals surface area contributed by atoms with Gasteiger partial charge < -0.3 is 5.32 Å². The molecule has 0 aromatic heterocycles. The van der Waals surface area contributed by atoms with Gasteiger partial charge in [0.1, 0.15) is 6.04 Å². The monoisotopic (exact) mass is 365 g/mol. The van der Waals surface area contributed by atoms with E-state index in [1.807, 2.05) is 5.32 Å². The number of nitrogens with one attached hydrogen (secondary N) is 1. The maximum atomic E-state index is 13.2. The van der Waals surface area contributed by atoms with Crippen LogP contribution in [0.2, 0.25) is 0 Å². The van der Waals surface area contributed by atoms with Gasteiger partial charge in [0.15, 0.2) is 0 Å². The highest BCUT2D eigenvalue weighted by atomic mass is 19.4. The predicted molar refractivity (Wildman–Crippen MR) is 76.8 cm³/mol. The third-order valence-electron chi connectivity index (χ3n) is 4.17. The van der Waals surface area contributed by atoms with E-state index >= 15 is 0 Å². The van der Waals surface area contributed by atoms with Gasteiger partial charge in [0.05, 0.1) is 23.7 Å². The average molecular weight is 365 g/mol. The topological polar surface area (TPSA) is 44.7 Å². The van der Waals surface area contributed by atoms with E-state index in [-0.39, 0.29) is 12.0 Å². The van der Waals surface area contributed by atoms with E-state index in [0.717, 1.165) is 11.1 Å². The first-order chi connectivity index (χ1) is 11.5. The van der Waals surface area contributed by atoms with Crippen LogP contribution in [0.4, 0.5) is 32.0 Å². The van der Waals surface area contributed by atoms with Gasteiger partial charge in [-0.25, -0.2) is 5.01 Å². The van der Waals surface area contributed by atoms with Crippen LogP contribution in [0.3, 0.4) is 0 Å². The molecule has 0 radical (unpaired) electrons. The number of rotatable bonds is 1. The molecule has 1 aromatic rings. The molecule has 2 aliphatic heterocycles. The molecule has 1 N–H and O–H groups in total. The number of nitrogens with zero attached hydrogens (tertiary/aromatic N) is 2. The highest BCUT2D eigenvalue weighted by molar-refractivity contribution is 6.04. The summed E-state index contributed by atoms with van der Waals surface area (Å²) in [5.41, 5.74) is -1.47. The van der Waals surface area contributed by atoms with Crippen LogP contribution in [0, 0.1) is 0 Å². The SMILES string of the molecule is CC1=NN(C2CC(C(F)(F)F)Nc3c2cccc3C(F)(F)F)C(=O)C1. The summed E-state index contributed by atoms with van der Waals surface area (Å²) in [5, 5.41) is 6.75. The molecule has 0 aliphatic carbocycles. The Labute approximate surface area is 138 Å². The highest BCUT2D eigenvalue weighted by Crippen LogP contribution is 2.47. The van der Waals surface area contributed by atoms with Gasteiger partial charge in [-0.1, -0.05) is 12.1 Å². The van der Waals surface area contributed by atoms with E-state index in [2.05, 4.69) is 5.10 Å². The van der Waals surface area contributed by atoms with E-state index in [1.54, 1.807) is 0 Å². The van der Waals surface area contributed by atoms with Crippen molar-refractivity contribution in [3.63, 3.8) is 0 Å². The standard InChI is InChI=1S/C15H13F6N3O/c1-7-5-12(25)24(23-7)10-6-11(15(19,20)21)22-13-8(10)3-2-4-9(13)14(16,17)18/h2-4,10-11,22H,5-6H2,1H3. The summed E-state index contributed by atoms with van der Waals surface area (Å²) in [4.78, 5) is 12.0. The van der Waals surface area contributed by atoms with Crippen molar-refractivity contribution in [2.75, 3.05) is 5.32 Å². The first-order valence-corrected chi connectivity index (χ1v) is 7.38.